The molecule has 0 aliphatic carbocycles. The molecule has 1 aliphatic heterocycles. The van der Waals surface area contributed by atoms with E-state index in [9.17, 15) is 14.0 Å². The van der Waals surface area contributed by atoms with E-state index in [1.165, 1.54) is 6.07 Å². The molecule has 3 rings (SSSR count). The largest absolute Gasteiger partial charge is 0.367 e. The highest BCUT2D eigenvalue weighted by Crippen LogP contribution is 2.20. The lowest BCUT2D eigenvalue weighted by Crippen LogP contribution is -2.49. The third-order valence-corrected chi connectivity index (χ3v) is 4.88. The summed E-state index contributed by atoms with van der Waals surface area (Å²) in [5.74, 6) is -1.52. The first-order valence-corrected chi connectivity index (χ1v) is 9.41. The monoisotopic (exact) mass is 384 g/mol. The SMILES string of the molecule is Cc1ccccc1NC(=O)C(=O)NCCN1CCN(c2ccccc2F)CC1. The summed E-state index contributed by atoms with van der Waals surface area (Å²) in [6, 6.07) is 14.1. The minimum absolute atomic E-state index is 0.206. The van der Waals surface area contributed by atoms with Gasteiger partial charge in [0.05, 0.1) is 5.69 Å². The number of carbonyl (C=O) groups excluding carboxylic acids is 2. The van der Waals surface area contributed by atoms with Gasteiger partial charge in [-0.15, -0.1) is 0 Å². The number of amides is 2. The first-order chi connectivity index (χ1) is 13.5. The molecule has 0 unspecified atom stereocenters. The molecule has 0 saturated carbocycles. The van der Waals surface area contributed by atoms with Crippen LogP contribution >= 0.6 is 0 Å². The number of hydrogen-bond acceptors (Lipinski definition) is 4. The van der Waals surface area contributed by atoms with E-state index in [2.05, 4.69) is 15.5 Å². The second-order valence-corrected chi connectivity index (χ2v) is 6.81. The molecule has 2 aromatic rings. The van der Waals surface area contributed by atoms with Crippen LogP contribution in [0.2, 0.25) is 0 Å². The van der Waals surface area contributed by atoms with E-state index in [4.69, 9.17) is 0 Å². The number of aryl methyl sites for hydroxylation is 1. The Kier molecular flexibility index (Phi) is 6.60. The average Bonchev–Trinajstić information content (AvgIpc) is 2.70. The fourth-order valence-electron chi connectivity index (χ4n) is 3.22. The van der Waals surface area contributed by atoms with E-state index in [1.54, 1.807) is 18.2 Å². The Bertz CT molecular complexity index is 835. The zero-order valence-electron chi connectivity index (χ0n) is 16.0. The van der Waals surface area contributed by atoms with Crippen LogP contribution in [0.25, 0.3) is 0 Å². The Hall–Kier alpha value is -2.93. The Labute approximate surface area is 164 Å². The molecule has 0 atom stereocenters. The molecule has 2 aromatic carbocycles. The van der Waals surface area contributed by atoms with Crippen molar-refractivity contribution in [3.8, 4) is 0 Å². The quantitative estimate of drug-likeness (QED) is 0.774. The number of halogens is 1. The Morgan fingerprint density at radius 2 is 1.64 bits per heavy atom. The molecule has 148 valence electrons. The number of carbonyl (C=O) groups is 2. The predicted molar refractivity (Wildman–Crippen MR) is 108 cm³/mol. The van der Waals surface area contributed by atoms with Gasteiger partial charge < -0.3 is 15.5 Å². The van der Waals surface area contributed by atoms with Gasteiger partial charge in [-0.1, -0.05) is 30.3 Å². The number of hydrogen-bond donors (Lipinski definition) is 2. The van der Waals surface area contributed by atoms with Crippen LogP contribution in [0.3, 0.4) is 0 Å². The molecule has 7 heteroatoms. The third kappa shape index (κ3) is 5.07. The van der Waals surface area contributed by atoms with Gasteiger partial charge in [-0.05, 0) is 30.7 Å². The van der Waals surface area contributed by atoms with Gasteiger partial charge in [0.25, 0.3) is 0 Å². The fraction of sp³-hybridized carbons (Fsp3) is 0.333. The van der Waals surface area contributed by atoms with E-state index in [0.717, 1.165) is 31.7 Å². The minimum atomic E-state index is -0.668. The van der Waals surface area contributed by atoms with E-state index in [1.807, 2.05) is 36.1 Å². The van der Waals surface area contributed by atoms with Crippen LogP contribution in [-0.2, 0) is 9.59 Å². The predicted octanol–water partition coefficient (Wildman–Crippen LogP) is 2.01. The summed E-state index contributed by atoms with van der Waals surface area (Å²) in [7, 11) is 0. The lowest BCUT2D eigenvalue weighted by molar-refractivity contribution is -0.136. The molecule has 0 aromatic heterocycles. The van der Waals surface area contributed by atoms with Crippen molar-refractivity contribution in [2.45, 2.75) is 6.92 Å². The van der Waals surface area contributed by atoms with Crippen LogP contribution in [0, 0.1) is 12.7 Å². The summed E-state index contributed by atoms with van der Waals surface area (Å²) in [6.45, 7) is 5.91. The second kappa shape index (κ2) is 9.32. The van der Waals surface area contributed by atoms with Crippen LogP contribution in [0.5, 0.6) is 0 Å². The van der Waals surface area contributed by atoms with Gasteiger partial charge in [-0.25, -0.2) is 4.39 Å². The standard InChI is InChI=1S/C21H25FN4O2/c1-16-6-2-4-8-18(16)24-21(28)20(27)23-10-11-25-12-14-26(15-13-25)19-9-5-3-7-17(19)22/h2-9H,10-15H2,1H3,(H,23,27)(H,24,28). The molecule has 2 N–H and O–H groups in total. The van der Waals surface area contributed by atoms with Crippen molar-refractivity contribution in [1.82, 2.24) is 10.2 Å². The molecule has 0 bridgehead atoms. The first kappa shape index (κ1) is 19.8. The van der Waals surface area contributed by atoms with Crippen molar-refractivity contribution in [1.29, 1.82) is 0 Å². The van der Waals surface area contributed by atoms with Gasteiger partial charge in [0.2, 0.25) is 0 Å². The van der Waals surface area contributed by atoms with Gasteiger partial charge >= 0.3 is 11.8 Å². The van der Waals surface area contributed by atoms with Crippen molar-refractivity contribution >= 4 is 23.2 Å². The van der Waals surface area contributed by atoms with Crippen LogP contribution < -0.4 is 15.5 Å². The zero-order chi connectivity index (χ0) is 19.9. The van der Waals surface area contributed by atoms with Gasteiger partial charge in [0, 0.05) is 45.0 Å². The maximum atomic E-state index is 13.9. The molecule has 6 nitrogen and oxygen atoms in total. The normalized spacial score (nSPS) is 14.6. The number of rotatable bonds is 5. The highest BCUT2D eigenvalue weighted by Gasteiger charge is 2.20. The molecule has 0 spiro atoms. The number of piperazine rings is 1. The topological polar surface area (TPSA) is 64.7 Å². The van der Waals surface area contributed by atoms with E-state index in [-0.39, 0.29) is 5.82 Å². The molecular weight excluding hydrogens is 359 g/mol. The molecule has 1 aliphatic rings. The number of nitrogens with zero attached hydrogens (tertiary/aromatic N) is 2. The Morgan fingerprint density at radius 1 is 0.964 bits per heavy atom. The summed E-state index contributed by atoms with van der Waals surface area (Å²) < 4.78 is 13.9. The molecule has 2 amide bonds. The molecule has 28 heavy (non-hydrogen) atoms. The lowest BCUT2D eigenvalue weighted by Gasteiger charge is -2.36. The third-order valence-electron chi connectivity index (χ3n) is 4.88. The maximum Gasteiger partial charge on any atom is 0.313 e. The minimum Gasteiger partial charge on any atom is -0.367 e. The van der Waals surface area contributed by atoms with Crippen molar-refractivity contribution in [2.24, 2.45) is 0 Å². The molecule has 1 saturated heterocycles. The van der Waals surface area contributed by atoms with Crippen LogP contribution in [0.1, 0.15) is 5.56 Å². The Morgan fingerprint density at radius 3 is 2.36 bits per heavy atom. The maximum absolute atomic E-state index is 13.9. The fourth-order valence-corrected chi connectivity index (χ4v) is 3.22. The number of nitrogens with one attached hydrogen (secondary N) is 2. The van der Waals surface area contributed by atoms with E-state index in [0.29, 0.717) is 24.5 Å². The number of benzene rings is 2. The van der Waals surface area contributed by atoms with Crippen LogP contribution in [0.15, 0.2) is 48.5 Å². The average molecular weight is 384 g/mol. The summed E-state index contributed by atoms with van der Waals surface area (Å²) in [5.41, 5.74) is 2.16. The molecular formula is C21H25FN4O2. The van der Waals surface area contributed by atoms with E-state index < -0.39 is 11.8 Å². The summed E-state index contributed by atoms with van der Waals surface area (Å²) in [5, 5.41) is 5.28. The van der Waals surface area contributed by atoms with E-state index >= 15 is 0 Å². The van der Waals surface area contributed by atoms with Crippen molar-refractivity contribution in [3.05, 3.63) is 59.9 Å². The molecule has 1 heterocycles. The van der Waals surface area contributed by atoms with Gasteiger partial charge in [-0.3, -0.25) is 14.5 Å². The molecule has 0 radical (unpaired) electrons. The highest BCUT2D eigenvalue weighted by atomic mass is 19.1. The second-order valence-electron chi connectivity index (χ2n) is 6.81. The molecule has 1 fully saturated rings. The smallest absolute Gasteiger partial charge is 0.313 e. The summed E-state index contributed by atoms with van der Waals surface area (Å²) >= 11 is 0. The highest BCUT2D eigenvalue weighted by molar-refractivity contribution is 6.39. The summed E-state index contributed by atoms with van der Waals surface area (Å²) in [4.78, 5) is 28.2. The van der Waals surface area contributed by atoms with Crippen molar-refractivity contribution < 1.29 is 14.0 Å². The van der Waals surface area contributed by atoms with Crippen molar-refractivity contribution in [3.63, 3.8) is 0 Å². The summed E-state index contributed by atoms with van der Waals surface area (Å²) in [6.07, 6.45) is 0. The van der Waals surface area contributed by atoms with Crippen molar-refractivity contribution in [2.75, 3.05) is 49.5 Å². The lowest BCUT2D eigenvalue weighted by atomic mass is 10.2. The first-order valence-electron chi connectivity index (χ1n) is 9.41. The van der Waals surface area contributed by atoms with Gasteiger partial charge in [-0.2, -0.15) is 0 Å². The number of para-hydroxylation sites is 2. The van der Waals surface area contributed by atoms with Gasteiger partial charge in [0.1, 0.15) is 5.82 Å². The van der Waals surface area contributed by atoms with Crippen LogP contribution in [0.4, 0.5) is 15.8 Å². The Balaban J connectivity index is 1.39. The number of anilines is 2. The zero-order valence-corrected chi connectivity index (χ0v) is 16.0. The van der Waals surface area contributed by atoms with Gasteiger partial charge in [0.15, 0.2) is 0 Å². The van der Waals surface area contributed by atoms with Crippen LogP contribution in [-0.4, -0.2) is 56.0 Å².